The molecule has 8 heteroatoms. The molecule has 4 N–H and O–H groups in total. The first-order valence-corrected chi connectivity index (χ1v) is 7.83. The average Bonchev–Trinajstić information content (AvgIpc) is 2.50. The Bertz CT molecular complexity index is 835. The van der Waals surface area contributed by atoms with Crippen molar-refractivity contribution < 1.29 is 4.79 Å². The first kappa shape index (κ1) is 15.8. The van der Waals surface area contributed by atoms with Gasteiger partial charge in [-0.15, -0.1) is 0 Å². The lowest BCUT2D eigenvalue weighted by molar-refractivity contribution is 0.0933. The molecule has 1 unspecified atom stereocenters. The zero-order valence-corrected chi connectivity index (χ0v) is 13.5. The Kier molecular flexibility index (Phi) is 4.28. The van der Waals surface area contributed by atoms with Crippen LogP contribution in [0.3, 0.4) is 0 Å². The zero-order chi connectivity index (χ0) is 16.6. The molecule has 0 saturated heterocycles. The van der Waals surface area contributed by atoms with Gasteiger partial charge in [0.2, 0.25) is 5.95 Å². The molecular weight excluding hydrogens is 339 g/mol. The van der Waals surface area contributed by atoms with Crippen molar-refractivity contribution in [2.75, 3.05) is 5.73 Å². The van der Waals surface area contributed by atoms with Crippen molar-refractivity contribution in [1.29, 1.82) is 0 Å². The highest BCUT2D eigenvalue weighted by Gasteiger charge is 2.24. The third-order valence-electron chi connectivity index (χ3n) is 3.82. The van der Waals surface area contributed by atoms with Gasteiger partial charge < -0.3 is 11.1 Å². The van der Waals surface area contributed by atoms with Crippen molar-refractivity contribution >= 4 is 35.1 Å². The van der Waals surface area contributed by atoms with Gasteiger partial charge in [-0.2, -0.15) is 0 Å². The van der Waals surface area contributed by atoms with Crippen molar-refractivity contribution in [1.82, 2.24) is 15.3 Å². The van der Waals surface area contributed by atoms with E-state index in [1.165, 1.54) is 6.07 Å². The second-order valence-corrected chi connectivity index (χ2v) is 6.23. The van der Waals surface area contributed by atoms with Crippen LogP contribution in [0.5, 0.6) is 0 Å². The summed E-state index contributed by atoms with van der Waals surface area (Å²) in [6.45, 7) is 0. The third kappa shape index (κ3) is 3.33. The van der Waals surface area contributed by atoms with Crippen LogP contribution in [-0.2, 0) is 12.8 Å². The van der Waals surface area contributed by atoms with E-state index in [1.807, 2.05) is 0 Å². The Morgan fingerprint density at radius 3 is 2.87 bits per heavy atom. The lowest BCUT2D eigenvalue weighted by atomic mass is 9.92. The van der Waals surface area contributed by atoms with E-state index in [1.54, 1.807) is 12.1 Å². The van der Waals surface area contributed by atoms with Gasteiger partial charge in [-0.05, 0) is 37.5 Å². The lowest BCUT2D eigenvalue weighted by Crippen LogP contribution is -2.41. The fraction of sp³-hybridized carbons (Fsp3) is 0.267. The fourth-order valence-corrected chi connectivity index (χ4v) is 2.97. The monoisotopic (exact) mass is 352 g/mol. The molecule has 1 aliphatic rings. The Balaban J connectivity index is 1.75. The summed E-state index contributed by atoms with van der Waals surface area (Å²) in [5.74, 6) is -0.135. The van der Waals surface area contributed by atoms with Crippen LogP contribution in [-0.4, -0.2) is 21.9 Å². The van der Waals surface area contributed by atoms with Crippen LogP contribution in [0.15, 0.2) is 23.0 Å². The normalized spacial score (nSPS) is 16.7. The minimum absolute atomic E-state index is 0.118. The summed E-state index contributed by atoms with van der Waals surface area (Å²) < 4.78 is 0. The van der Waals surface area contributed by atoms with E-state index < -0.39 is 0 Å². The Morgan fingerprint density at radius 1 is 1.35 bits per heavy atom. The summed E-state index contributed by atoms with van der Waals surface area (Å²) in [6.07, 6.45) is 1.71. The first-order valence-electron chi connectivity index (χ1n) is 7.07. The molecule has 2 aromatic rings. The summed E-state index contributed by atoms with van der Waals surface area (Å²) in [4.78, 5) is 30.9. The summed E-state index contributed by atoms with van der Waals surface area (Å²) >= 11 is 11.8. The van der Waals surface area contributed by atoms with Crippen LogP contribution in [0.2, 0.25) is 10.0 Å². The number of hydrogen-bond acceptors (Lipinski definition) is 4. The number of nitrogens with two attached hydrogens (primary N) is 1. The van der Waals surface area contributed by atoms with Crippen molar-refractivity contribution in [3.8, 4) is 0 Å². The van der Waals surface area contributed by atoms with Crippen LogP contribution < -0.4 is 16.6 Å². The number of anilines is 1. The largest absolute Gasteiger partial charge is 0.369 e. The number of H-pyrrole nitrogens is 1. The molecular formula is C15H14Cl2N4O2. The molecule has 0 bridgehead atoms. The van der Waals surface area contributed by atoms with E-state index in [0.717, 1.165) is 0 Å². The van der Waals surface area contributed by atoms with E-state index in [4.69, 9.17) is 28.9 Å². The number of aromatic amines is 1. The van der Waals surface area contributed by atoms with Crippen molar-refractivity contribution in [3.63, 3.8) is 0 Å². The van der Waals surface area contributed by atoms with Gasteiger partial charge in [0, 0.05) is 17.2 Å². The van der Waals surface area contributed by atoms with Gasteiger partial charge in [-0.1, -0.05) is 23.2 Å². The molecule has 120 valence electrons. The van der Waals surface area contributed by atoms with Crippen molar-refractivity contribution in [3.05, 3.63) is 55.4 Å². The Hall–Kier alpha value is -2.05. The summed E-state index contributed by atoms with van der Waals surface area (Å²) in [5.41, 5.74) is 6.99. The minimum Gasteiger partial charge on any atom is -0.369 e. The SMILES string of the molecule is Nc1nc2c(c(=O)[nH]1)CC(NC(=O)c1ccc(Cl)c(Cl)c1)CC2. The molecule has 6 nitrogen and oxygen atoms in total. The second-order valence-electron chi connectivity index (χ2n) is 5.42. The molecule has 0 spiro atoms. The number of nitrogen functional groups attached to an aromatic ring is 1. The van der Waals surface area contributed by atoms with Gasteiger partial charge in [0.1, 0.15) is 0 Å². The lowest BCUT2D eigenvalue weighted by Gasteiger charge is -2.24. The molecule has 1 aromatic heterocycles. The Labute approximate surface area is 142 Å². The van der Waals surface area contributed by atoms with E-state index in [2.05, 4.69) is 15.3 Å². The van der Waals surface area contributed by atoms with E-state index in [9.17, 15) is 9.59 Å². The number of hydrogen-bond donors (Lipinski definition) is 3. The second kappa shape index (κ2) is 6.22. The molecule has 1 atom stereocenters. The number of benzene rings is 1. The highest BCUT2D eigenvalue weighted by molar-refractivity contribution is 6.42. The number of halogens is 2. The number of aryl methyl sites for hydroxylation is 1. The summed E-state index contributed by atoms with van der Waals surface area (Å²) in [6, 6.07) is 4.56. The third-order valence-corrected chi connectivity index (χ3v) is 4.56. The maximum Gasteiger partial charge on any atom is 0.255 e. The molecule has 1 heterocycles. The molecule has 0 saturated carbocycles. The molecule has 0 fully saturated rings. The number of aromatic nitrogens is 2. The number of carbonyl (C=O) groups excluding carboxylic acids is 1. The number of rotatable bonds is 2. The topological polar surface area (TPSA) is 101 Å². The zero-order valence-electron chi connectivity index (χ0n) is 12.0. The van der Waals surface area contributed by atoms with E-state index in [0.29, 0.717) is 46.1 Å². The van der Waals surface area contributed by atoms with Crippen molar-refractivity contribution in [2.24, 2.45) is 0 Å². The maximum atomic E-state index is 12.3. The predicted octanol–water partition coefficient (Wildman–Crippen LogP) is 1.95. The van der Waals surface area contributed by atoms with Crippen LogP contribution in [0.1, 0.15) is 28.0 Å². The number of carbonyl (C=O) groups is 1. The molecule has 0 radical (unpaired) electrons. The molecule has 1 aliphatic carbocycles. The molecule has 3 rings (SSSR count). The highest BCUT2D eigenvalue weighted by Crippen LogP contribution is 2.23. The van der Waals surface area contributed by atoms with Crippen LogP contribution in [0.4, 0.5) is 5.95 Å². The maximum absolute atomic E-state index is 12.3. The smallest absolute Gasteiger partial charge is 0.255 e. The van der Waals surface area contributed by atoms with Gasteiger partial charge in [0.25, 0.3) is 11.5 Å². The average molecular weight is 353 g/mol. The highest BCUT2D eigenvalue weighted by atomic mass is 35.5. The van der Waals surface area contributed by atoms with Gasteiger partial charge in [-0.3, -0.25) is 14.6 Å². The van der Waals surface area contributed by atoms with Gasteiger partial charge in [0.05, 0.1) is 15.7 Å². The molecule has 0 aliphatic heterocycles. The van der Waals surface area contributed by atoms with E-state index in [-0.39, 0.29) is 23.5 Å². The van der Waals surface area contributed by atoms with Gasteiger partial charge >= 0.3 is 0 Å². The Morgan fingerprint density at radius 2 is 2.13 bits per heavy atom. The predicted molar refractivity (Wildman–Crippen MR) is 89.0 cm³/mol. The fourth-order valence-electron chi connectivity index (χ4n) is 2.67. The molecule has 23 heavy (non-hydrogen) atoms. The van der Waals surface area contributed by atoms with E-state index >= 15 is 0 Å². The van der Waals surface area contributed by atoms with Gasteiger partial charge in [-0.25, -0.2) is 4.98 Å². The van der Waals surface area contributed by atoms with Gasteiger partial charge in [0.15, 0.2) is 0 Å². The standard InChI is InChI=1S/C15H14Cl2N4O2/c16-10-3-1-7(5-11(10)17)13(22)19-8-2-4-12-9(6-8)14(23)21-15(18)20-12/h1,3,5,8H,2,4,6H2,(H,19,22)(H3,18,20,21,23). The van der Waals surface area contributed by atoms with Crippen LogP contribution in [0.25, 0.3) is 0 Å². The quantitative estimate of drug-likeness (QED) is 0.768. The number of amides is 1. The van der Waals surface area contributed by atoms with Crippen molar-refractivity contribution in [2.45, 2.75) is 25.3 Å². The summed E-state index contributed by atoms with van der Waals surface area (Å²) in [7, 11) is 0. The number of nitrogens with zero attached hydrogens (tertiary/aromatic N) is 1. The number of nitrogens with one attached hydrogen (secondary N) is 2. The molecule has 1 aromatic carbocycles. The molecule has 1 amide bonds. The van der Waals surface area contributed by atoms with Crippen LogP contribution in [0, 0.1) is 0 Å². The summed E-state index contributed by atoms with van der Waals surface area (Å²) in [5, 5.41) is 3.63. The first-order chi connectivity index (χ1) is 10.9. The van der Waals surface area contributed by atoms with Crippen LogP contribution >= 0.6 is 23.2 Å². The number of fused-ring (bicyclic) bond motifs is 1. The minimum atomic E-state index is -0.253.